The topological polar surface area (TPSA) is 70.7 Å². The fourth-order valence-corrected chi connectivity index (χ4v) is 1.79. The Labute approximate surface area is 113 Å². The van der Waals surface area contributed by atoms with Gasteiger partial charge in [-0.3, -0.25) is 14.9 Å². The first kappa shape index (κ1) is 12.8. The summed E-state index contributed by atoms with van der Waals surface area (Å²) in [6, 6.07) is 3.53. The van der Waals surface area contributed by atoms with E-state index in [1.54, 1.807) is 12.3 Å². The molecule has 1 amide bonds. The molecule has 2 aromatic rings. The summed E-state index contributed by atoms with van der Waals surface area (Å²) in [4.78, 5) is 15.9. The van der Waals surface area contributed by atoms with E-state index in [1.165, 1.54) is 6.20 Å². The number of amides is 1. The van der Waals surface area contributed by atoms with Crippen LogP contribution in [0.5, 0.6) is 0 Å². The van der Waals surface area contributed by atoms with Crippen LogP contribution >= 0.6 is 15.9 Å². The molecule has 5 nitrogen and oxygen atoms in total. The molecule has 0 aliphatic heterocycles. The summed E-state index contributed by atoms with van der Waals surface area (Å²) in [6.07, 6.45) is 3.14. The van der Waals surface area contributed by atoms with Gasteiger partial charge in [0.15, 0.2) is 5.82 Å². The maximum absolute atomic E-state index is 11.9. The van der Waals surface area contributed by atoms with Gasteiger partial charge in [-0.15, -0.1) is 0 Å². The number of anilines is 1. The van der Waals surface area contributed by atoms with Gasteiger partial charge in [0.25, 0.3) is 5.91 Å². The van der Waals surface area contributed by atoms with Crippen LogP contribution in [0.1, 0.15) is 35.8 Å². The molecule has 0 fully saturated rings. The smallest absolute Gasteiger partial charge is 0.258 e. The van der Waals surface area contributed by atoms with Gasteiger partial charge in [0.05, 0.1) is 5.56 Å². The molecular formula is C12H13BrN4O. The predicted molar refractivity (Wildman–Crippen MR) is 72.6 cm³/mol. The van der Waals surface area contributed by atoms with Crippen molar-refractivity contribution in [2.24, 2.45) is 0 Å². The molecule has 2 N–H and O–H groups in total. The summed E-state index contributed by atoms with van der Waals surface area (Å²) in [5, 5.41) is 9.64. The van der Waals surface area contributed by atoms with Gasteiger partial charge >= 0.3 is 0 Å². The normalized spacial score (nSPS) is 10.7. The largest absolute Gasteiger partial charge is 0.305 e. The molecule has 0 unspecified atom stereocenters. The first-order valence-electron chi connectivity index (χ1n) is 5.53. The zero-order chi connectivity index (χ0) is 13.1. The van der Waals surface area contributed by atoms with Crippen LogP contribution in [0.2, 0.25) is 0 Å². The zero-order valence-electron chi connectivity index (χ0n) is 10.1. The third kappa shape index (κ3) is 2.95. The van der Waals surface area contributed by atoms with Crippen LogP contribution in [-0.4, -0.2) is 21.1 Å². The number of H-pyrrole nitrogens is 1. The molecule has 2 rings (SSSR count). The summed E-state index contributed by atoms with van der Waals surface area (Å²) in [5.41, 5.74) is 1.47. The number of hydrogen-bond donors (Lipinski definition) is 2. The average molecular weight is 309 g/mol. The monoisotopic (exact) mass is 308 g/mol. The van der Waals surface area contributed by atoms with Gasteiger partial charge in [-0.1, -0.05) is 13.8 Å². The summed E-state index contributed by atoms with van der Waals surface area (Å²) in [7, 11) is 0. The number of aromatic nitrogens is 3. The number of halogens is 1. The predicted octanol–water partition coefficient (Wildman–Crippen LogP) is 2.94. The lowest BCUT2D eigenvalue weighted by Crippen LogP contribution is -2.12. The molecule has 0 aromatic carbocycles. The van der Waals surface area contributed by atoms with Crippen molar-refractivity contribution in [3.8, 4) is 0 Å². The van der Waals surface area contributed by atoms with Crippen molar-refractivity contribution in [2.45, 2.75) is 19.8 Å². The zero-order valence-corrected chi connectivity index (χ0v) is 11.7. The number of nitrogens with zero attached hydrogens (tertiary/aromatic N) is 2. The Balaban J connectivity index is 2.11. The Morgan fingerprint density at radius 2 is 2.17 bits per heavy atom. The molecule has 0 spiro atoms. The van der Waals surface area contributed by atoms with Gasteiger partial charge in [-0.05, 0) is 27.9 Å². The number of nitrogens with one attached hydrogen (secondary N) is 2. The van der Waals surface area contributed by atoms with Gasteiger partial charge in [-0.2, -0.15) is 5.10 Å². The highest BCUT2D eigenvalue weighted by Gasteiger charge is 2.10. The van der Waals surface area contributed by atoms with E-state index >= 15 is 0 Å². The highest BCUT2D eigenvalue weighted by atomic mass is 79.9. The SMILES string of the molecule is CC(C)c1cc(NC(=O)c2cncc(Br)c2)n[nH]1. The van der Waals surface area contributed by atoms with E-state index in [4.69, 9.17) is 0 Å². The van der Waals surface area contributed by atoms with E-state index in [-0.39, 0.29) is 5.91 Å². The Morgan fingerprint density at radius 1 is 1.39 bits per heavy atom. The first-order chi connectivity index (χ1) is 8.56. The van der Waals surface area contributed by atoms with Crippen molar-refractivity contribution in [2.75, 3.05) is 5.32 Å². The van der Waals surface area contributed by atoms with E-state index in [2.05, 4.69) is 50.3 Å². The summed E-state index contributed by atoms with van der Waals surface area (Å²) in [5.74, 6) is 0.630. The van der Waals surface area contributed by atoms with Crippen molar-refractivity contribution in [3.63, 3.8) is 0 Å². The van der Waals surface area contributed by atoms with Crippen LogP contribution in [0.15, 0.2) is 29.0 Å². The van der Waals surface area contributed by atoms with Crippen molar-refractivity contribution >= 4 is 27.7 Å². The average Bonchev–Trinajstić information content (AvgIpc) is 2.77. The first-order valence-corrected chi connectivity index (χ1v) is 6.33. The lowest BCUT2D eigenvalue weighted by atomic mass is 10.1. The van der Waals surface area contributed by atoms with Crippen LogP contribution in [0.4, 0.5) is 5.82 Å². The summed E-state index contributed by atoms with van der Waals surface area (Å²) < 4.78 is 0.764. The summed E-state index contributed by atoms with van der Waals surface area (Å²) >= 11 is 3.27. The van der Waals surface area contributed by atoms with Gasteiger partial charge in [0.1, 0.15) is 0 Å². The minimum Gasteiger partial charge on any atom is -0.305 e. The molecule has 0 saturated heterocycles. The molecule has 94 valence electrons. The lowest BCUT2D eigenvalue weighted by Gasteiger charge is -2.01. The molecule has 0 saturated carbocycles. The van der Waals surface area contributed by atoms with Crippen LogP contribution < -0.4 is 5.32 Å². The van der Waals surface area contributed by atoms with Crippen molar-refractivity contribution in [1.29, 1.82) is 0 Å². The van der Waals surface area contributed by atoms with E-state index in [0.717, 1.165) is 10.2 Å². The highest BCUT2D eigenvalue weighted by molar-refractivity contribution is 9.10. The fourth-order valence-electron chi connectivity index (χ4n) is 1.42. The Hall–Kier alpha value is -1.69. The standard InChI is InChI=1S/C12H13BrN4O/c1-7(2)10-4-11(17-16-10)15-12(18)8-3-9(13)6-14-5-8/h3-7H,1-2H3,(H2,15,16,17,18). The maximum Gasteiger partial charge on any atom is 0.258 e. The molecule has 2 heterocycles. The van der Waals surface area contributed by atoms with Crippen LogP contribution in [0.25, 0.3) is 0 Å². The van der Waals surface area contributed by atoms with Gasteiger partial charge < -0.3 is 5.32 Å². The summed E-state index contributed by atoms with van der Waals surface area (Å²) in [6.45, 7) is 4.11. The van der Waals surface area contributed by atoms with E-state index in [9.17, 15) is 4.79 Å². The van der Waals surface area contributed by atoms with E-state index in [1.807, 2.05) is 6.07 Å². The Morgan fingerprint density at radius 3 is 2.78 bits per heavy atom. The molecule has 0 aliphatic carbocycles. The molecule has 0 aliphatic rings. The quantitative estimate of drug-likeness (QED) is 0.915. The number of carbonyl (C=O) groups is 1. The third-order valence-corrected chi connectivity index (χ3v) is 2.86. The molecule has 0 bridgehead atoms. The Bertz CT molecular complexity index is 565. The number of rotatable bonds is 3. The minimum absolute atomic E-state index is 0.231. The number of aromatic amines is 1. The number of hydrogen-bond acceptors (Lipinski definition) is 3. The molecule has 2 aromatic heterocycles. The molecule has 6 heteroatoms. The van der Waals surface area contributed by atoms with Gasteiger partial charge in [0, 0.05) is 28.6 Å². The number of pyridine rings is 1. The molecule has 18 heavy (non-hydrogen) atoms. The van der Waals surface area contributed by atoms with Crippen molar-refractivity contribution < 1.29 is 4.79 Å². The minimum atomic E-state index is -0.231. The highest BCUT2D eigenvalue weighted by Crippen LogP contribution is 2.16. The van der Waals surface area contributed by atoms with Crippen molar-refractivity contribution in [1.82, 2.24) is 15.2 Å². The van der Waals surface area contributed by atoms with Crippen LogP contribution in [-0.2, 0) is 0 Å². The molecule has 0 atom stereocenters. The lowest BCUT2D eigenvalue weighted by molar-refractivity contribution is 0.102. The Kier molecular flexibility index (Phi) is 3.76. The number of carbonyl (C=O) groups excluding carboxylic acids is 1. The fraction of sp³-hybridized carbons (Fsp3) is 0.250. The van der Waals surface area contributed by atoms with Crippen LogP contribution in [0, 0.1) is 0 Å². The maximum atomic E-state index is 11.9. The van der Waals surface area contributed by atoms with Crippen molar-refractivity contribution in [3.05, 3.63) is 40.3 Å². The molecule has 0 radical (unpaired) electrons. The van der Waals surface area contributed by atoms with Gasteiger partial charge in [-0.25, -0.2) is 0 Å². The van der Waals surface area contributed by atoms with E-state index in [0.29, 0.717) is 17.3 Å². The molecular weight excluding hydrogens is 296 g/mol. The van der Waals surface area contributed by atoms with E-state index < -0.39 is 0 Å². The second-order valence-corrected chi connectivity index (χ2v) is 5.12. The van der Waals surface area contributed by atoms with Crippen LogP contribution in [0.3, 0.4) is 0 Å². The second-order valence-electron chi connectivity index (χ2n) is 4.21. The second kappa shape index (κ2) is 5.30. The third-order valence-electron chi connectivity index (χ3n) is 2.43. The van der Waals surface area contributed by atoms with Gasteiger partial charge in [0.2, 0.25) is 0 Å².